The molecule has 0 aliphatic heterocycles. The fraction of sp³-hybridized carbons (Fsp3) is 0.214. The molecule has 0 aliphatic rings. The Bertz CT molecular complexity index is 655. The fourth-order valence-electron chi connectivity index (χ4n) is 1.77. The van der Waals surface area contributed by atoms with Crippen LogP contribution in [0.15, 0.2) is 53.7 Å². The second kappa shape index (κ2) is 6.13. The zero-order chi connectivity index (χ0) is 14.6. The normalized spacial score (nSPS) is 13.1. The summed E-state index contributed by atoms with van der Waals surface area (Å²) in [5.41, 5.74) is 1.45. The first kappa shape index (κ1) is 14.6. The van der Waals surface area contributed by atoms with E-state index in [9.17, 15) is 8.42 Å². The molecule has 0 spiro atoms. The molecule has 0 fully saturated rings. The summed E-state index contributed by atoms with van der Waals surface area (Å²) in [4.78, 5) is 3.86. The molecular weight excluding hydrogens is 276 g/mol. The first-order valence-electron chi connectivity index (χ1n) is 6.16. The average Bonchev–Trinajstić information content (AvgIpc) is 2.48. The molecule has 20 heavy (non-hydrogen) atoms. The van der Waals surface area contributed by atoms with Gasteiger partial charge in [-0.2, -0.15) is 0 Å². The zero-order valence-corrected chi connectivity index (χ0v) is 11.8. The van der Waals surface area contributed by atoms with Crippen LogP contribution < -0.4 is 4.72 Å². The van der Waals surface area contributed by atoms with Gasteiger partial charge in [-0.05, 0) is 24.1 Å². The second-order valence-electron chi connectivity index (χ2n) is 4.42. The van der Waals surface area contributed by atoms with Gasteiger partial charge in [0, 0.05) is 12.2 Å². The summed E-state index contributed by atoms with van der Waals surface area (Å²) in [5, 5.41) is 8.86. The third-order valence-electron chi connectivity index (χ3n) is 2.89. The van der Waals surface area contributed by atoms with Crippen LogP contribution in [0.3, 0.4) is 0 Å². The van der Waals surface area contributed by atoms with E-state index in [-0.39, 0.29) is 17.7 Å². The molecule has 0 radical (unpaired) electrons. The Kier molecular flexibility index (Phi) is 4.49. The summed E-state index contributed by atoms with van der Waals surface area (Å²) in [5.74, 6) is 0. The van der Waals surface area contributed by atoms with Gasteiger partial charge in [0.2, 0.25) is 0 Å². The summed E-state index contributed by atoms with van der Waals surface area (Å²) in [6, 6.07) is 11.9. The van der Waals surface area contributed by atoms with E-state index in [1.807, 2.05) is 30.3 Å². The highest BCUT2D eigenvalue weighted by atomic mass is 32.2. The lowest BCUT2D eigenvalue weighted by molar-refractivity contribution is 0.281. The quantitative estimate of drug-likeness (QED) is 0.877. The van der Waals surface area contributed by atoms with Gasteiger partial charge in [0.05, 0.1) is 6.61 Å². The van der Waals surface area contributed by atoms with Gasteiger partial charge in [0.25, 0.3) is 10.0 Å². The minimum atomic E-state index is -3.68. The number of hydrogen-bond acceptors (Lipinski definition) is 4. The molecule has 0 amide bonds. The van der Waals surface area contributed by atoms with E-state index in [1.165, 1.54) is 18.3 Å². The first-order chi connectivity index (χ1) is 9.53. The van der Waals surface area contributed by atoms with Crippen molar-refractivity contribution in [3.8, 4) is 0 Å². The zero-order valence-electron chi connectivity index (χ0n) is 11.0. The number of pyridine rings is 1. The molecule has 2 rings (SSSR count). The van der Waals surface area contributed by atoms with Crippen LogP contribution in [0.4, 0.5) is 0 Å². The lowest BCUT2D eigenvalue weighted by Crippen LogP contribution is -2.27. The number of rotatable bonds is 5. The molecule has 1 aromatic heterocycles. The SMILES string of the molecule is CC(NS(=O)(=O)c1ccc(CO)cn1)c1ccccc1. The molecule has 5 nitrogen and oxygen atoms in total. The van der Waals surface area contributed by atoms with E-state index in [2.05, 4.69) is 9.71 Å². The van der Waals surface area contributed by atoms with Crippen LogP contribution in [-0.2, 0) is 16.6 Å². The van der Waals surface area contributed by atoms with Crippen LogP contribution in [0.5, 0.6) is 0 Å². The minimum Gasteiger partial charge on any atom is -0.392 e. The second-order valence-corrected chi connectivity index (χ2v) is 6.08. The number of aromatic nitrogens is 1. The Hall–Kier alpha value is -1.76. The lowest BCUT2D eigenvalue weighted by atomic mass is 10.1. The first-order valence-corrected chi connectivity index (χ1v) is 7.64. The predicted octanol–water partition coefficient (Wildman–Crippen LogP) is 1.61. The van der Waals surface area contributed by atoms with Crippen LogP contribution in [0.2, 0.25) is 0 Å². The lowest BCUT2D eigenvalue weighted by Gasteiger charge is -2.14. The Morgan fingerprint density at radius 1 is 1.20 bits per heavy atom. The van der Waals surface area contributed by atoms with Gasteiger partial charge in [-0.15, -0.1) is 0 Å². The van der Waals surface area contributed by atoms with Crippen molar-refractivity contribution in [2.75, 3.05) is 0 Å². The third-order valence-corrected chi connectivity index (χ3v) is 4.34. The molecule has 0 saturated heterocycles. The van der Waals surface area contributed by atoms with Gasteiger partial charge < -0.3 is 5.11 Å². The fourth-order valence-corrected chi connectivity index (χ4v) is 2.93. The standard InChI is InChI=1S/C14H16N2O3S/c1-11(13-5-3-2-4-6-13)16-20(18,19)14-8-7-12(10-17)9-15-14/h2-9,11,16-17H,10H2,1H3. The highest BCUT2D eigenvalue weighted by Gasteiger charge is 2.19. The van der Waals surface area contributed by atoms with Crippen molar-refractivity contribution < 1.29 is 13.5 Å². The van der Waals surface area contributed by atoms with E-state index in [0.717, 1.165) is 5.56 Å². The number of sulfonamides is 1. The van der Waals surface area contributed by atoms with E-state index in [0.29, 0.717) is 5.56 Å². The van der Waals surface area contributed by atoms with Gasteiger partial charge in [-0.3, -0.25) is 0 Å². The monoisotopic (exact) mass is 292 g/mol. The summed E-state index contributed by atoms with van der Waals surface area (Å²) < 4.78 is 26.9. The number of nitrogens with zero attached hydrogens (tertiary/aromatic N) is 1. The topological polar surface area (TPSA) is 79.3 Å². The van der Waals surface area contributed by atoms with Crippen molar-refractivity contribution in [2.45, 2.75) is 24.6 Å². The van der Waals surface area contributed by atoms with E-state index in [4.69, 9.17) is 5.11 Å². The molecule has 0 bridgehead atoms. The molecule has 1 aromatic carbocycles. The Labute approximate surface area is 118 Å². The van der Waals surface area contributed by atoms with Crippen molar-refractivity contribution in [3.05, 3.63) is 59.8 Å². The van der Waals surface area contributed by atoms with Crippen LogP contribution >= 0.6 is 0 Å². The molecule has 0 aliphatic carbocycles. The molecule has 106 valence electrons. The summed E-state index contributed by atoms with van der Waals surface area (Å²) in [6.07, 6.45) is 1.35. The Balaban J connectivity index is 2.18. The molecule has 2 N–H and O–H groups in total. The maximum Gasteiger partial charge on any atom is 0.258 e. The summed E-state index contributed by atoms with van der Waals surface area (Å²) >= 11 is 0. The molecule has 1 atom stereocenters. The number of nitrogens with one attached hydrogen (secondary N) is 1. The maximum absolute atomic E-state index is 12.2. The highest BCUT2D eigenvalue weighted by molar-refractivity contribution is 7.89. The van der Waals surface area contributed by atoms with Gasteiger partial charge >= 0.3 is 0 Å². The van der Waals surface area contributed by atoms with Crippen molar-refractivity contribution in [3.63, 3.8) is 0 Å². The van der Waals surface area contributed by atoms with Crippen molar-refractivity contribution in [2.24, 2.45) is 0 Å². The number of aliphatic hydroxyl groups excluding tert-OH is 1. The molecule has 6 heteroatoms. The number of hydrogen-bond donors (Lipinski definition) is 2. The summed E-state index contributed by atoms with van der Waals surface area (Å²) in [7, 11) is -3.68. The van der Waals surface area contributed by atoms with E-state index < -0.39 is 10.0 Å². The molecule has 1 unspecified atom stereocenters. The van der Waals surface area contributed by atoms with E-state index in [1.54, 1.807) is 6.92 Å². The minimum absolute atomic E-state index is 0.0579. The molecule has 0 saturated carbocycles. The highest BCUT2D eigenvalue weighted by Crippen LogP contribution is 2.15. The molecule has 2 aromatic rings. The Morgan fingerprint density at radius 2 is 1.90 bits per heavy atom. The average molecular weight is 292 g/mol. The molecular formula is C14H16N2O3S. The number of aliphatic hydroxyl groups is 1. The molecule has 1 heterocycles. The number of benzene rings is 1. The van der Waals surface area contributed by atoms with Crippen molar-refractivity contribution in [1.29, 1.82) is 0 Å². The van der Waals surface area contributed by atoms with Crippen LogP contribution in [0.25, 0.3) is 0 Å². The van der Waals surface area contributed by atoms with E-state index >= 15 is 0 Å². The van der Waals surface area contributed by atoms with Gasteiger partial charge in [-0.25, -0.2) is 18.1 Å². The Morgan fingerprint density at radius 3 is 2.45 bits per heavy atom. The largest absolute Gasteiger partial charge is 0.392 e. The van der Waals surface area contributed by atoms with Gasteiger partial charge in [-0.1, -0.05) is 36.4 Å². The third kappa shape index (κ3) is 3.41. The van der Waals surface area contributed by atoms with Gasteiger partial charge in [0.1, 0.15) is 0 Å². The van der Waals surface area contributed by atoms with Crippen LogP contribution in [-0.4, -0.2) is 18.5 Å². The van der Waals surface area contributed by atoms with Crippen molar-refractivity contribution in [1.82, 2.24) is 9.71 Å². The summed E-state index contributed by atoms with van der Waals surface area (Å²) in [6.45, 7) is 1.61. The van der Waals surface area contributed by atoms with Crippen molar-refractivity contribution >= 4 is 10.0 Å². The maximum atomic E-state index is 12.2. The smallest absolute Gasteiger partial charge is 0.258 e. The van der Waals surface area contributed by atoms with Gasteiger partial charge in [0.15, 0.2) is 5.03 Å². The van der Waals surface area contributed by atoms with Crippen LogP contribution in [0.1, 0.15) is 24.1 Å². The van der Waals surface area contributed by atoms with Crippen LogP contribution in [0, 0.1) is 0 Å². The predicted molar refractivity (Wildman–Crippen MR) is 75.3 cm³/mol.